The molecule has 0 saturated heterocycles. The molecule has 0 atom stereocenters. The van der Waals surface area contributed by atoms with Crippen molar-refractivity contribution in [1.82, 2.24) is 4.98 Å². The minimum atomic E-state index is 0.502. The zero-order valence-corrected chi connectivity index (χ0v) is 10.5. The molecule has 0 saturated carbocycles. The topological polar surface area (TPSA) is 12.9 Å². The summed E-state index contributed by atoms with van der Waals surface area (Å²) in [4.78, 5) is 4.16. The summed E-state index contributed by atoms with van der Waals surface area (Å²) in [5, 5.41) is 2.36. The van der Waals surface area contributed by atoms with Crippen molar-refractivity contribution in [2.45, 2.75) is 0 Å². The van der Waals surface area contributed by atoms with Crippen molar-refractivity contribution in [3.8, 4) is 0 Å². The first-order chi connectivity index (χ1) is 6.59. The van der Waals surface area contributed by atoms with Gasteiger partial charge in [0.15, 0.2) is 0 Å². The van der Waals surface area contributed by atoms with Gasteiger partial charge in [-0.25, -0.2) is 0 Å². The van der Waals surface area contributed by atoms with E-state index in [0.717, 1.165) is 9.86 Å². The Hall–Kier alpha value is -0.0200. The van der Waals surface area contributed by atoms with E-state index in [2.05, 4.69) is 20.9 Å². The third-order valence-corrected chi connectivity index (χ3v) is 3.52. The number of hydrogen-bond acceptors (Lipinski definition) is 1. The second-order valence-corrected chi connectivity index (χ2v) is 4.78. The predicted molar refractivity (Wildman–Crippen MR) is 64.5 cm³/mol. The van der Waals surface area contributed by atoms with Gasteiger partial charge < -0.3 is 0 Å². The molecular weight excluding hydrogens is 308 g/mol. The number of benzene rings is 1. The van der Waals surface area contributed by atoms with Crippen LogP contribution in [0.25, 0.3) is 10.9 Å². The summed E-state index contributed by atoms with van der Waals surface area (Å²) >= 11 is 21.2. The van der Waals surface area contributed by atoms with Crippen molar-refractivity contribution in [2.24, 2.45) is 0 Å². The van der Waals surface area contributed by atoms with Gasteiger partial charge in [-0.1, -0.05) is 34.8 Å². The quantitative estimate of drug-likeness (QED) is 0.670. The van der Waals surface area contributed by atoms with Crippen LogP contribution in [0, 0.1) is 0 Å². The number of nitrogens with zero attached hydrogens (tertiary/aromatic N) is 1. The monoisotopic (exact) mass is 309 g/mol. The van der Waals surface area contributed by atoms with Crippen molar-refractivity contribution >= 4 is 61.6 Å². The van der Waals surface area contributed by atoms with Gasteiger partial charge in [0.05, 0.1) is 20.0 Å². The zero-order chi connectivity index (χ0) is 10.3. The highest BCUT2D eigenvalue weighted by Crippen LogP contribution is 2.34. The Bertz CT molecular complexity index is 513. The number of hydrogen-bond donors (Lipinski definition) is 0. The van der Waals surface area contributed by atoms with E-state index in [0.29, 0.717) is 20.6 Å². The predicted octanol–water partition coefficient (Wildman–Crippen LogP) is 4.96. The lowest BCUT2D eigenvalue weighted by molar-refractivity contribution is 1.39. The van der Waals surface area contributed by atoms with Crippen LogP contribution in [0.1, 0.15) is 0 Å². The van der Waals surface area contributed by atoms with Crippen molar-refractivity contribution in [3.05, 3.63) is 37.9 Å². The molecule has 1 aromatic carbocycles. The Labute approximate surface area is 104 Å². The van der Waals surface area contributed by atoms with Crippen LogP contribution < -0.4 is 0 Å². The maximum Gasteiger partial charge on any atom is 0.0905 e. The minimum Gasteiger partial charge on any atom is -0.253 e. The minimum absolute atomic E-state index is 0.502. The largest absolute Gasteiger partial charge is 0.253 e. The van der Waals surface area contributed by atoms with Gasteiger partial charge in [-0.15, -0.1) is 0 Å². The molecule has 0 aliphatic rings. The van der Waals surface area contributed by atoms with E-state index in [1.165, 1.54) is 0 Å². The Morgan fingerprint density at radius 3 is 2.57 bits per heavy atom. The third-order valence-electron chi connectivity index (χ3n) is 1.78. The smallest absolute Gasteiger partial charge is 0.0905 e. The molecule has 0 spiro atoms. The summed E-state index contributed by atoms with van der Waals surface area (Å²) in [7, 11) is 0. The summed E-state index contributed by atoms with van der Waals surface area (Å²) in [6, 6.07) is 3.38. The maximum absolute atomic E-state index is 6.07. The van der Waals surface area contributed by atoms with Gasteiger partial charge in [0.25, 0.3) is 0 Å². The molecule has 14 heavy (non-hydrogen) atoms. The molecule has 0 fully saturated rings. The van der Waals surface area contributed by atoms with Gasteiger partial charge in [0.1, 0.15) is 0 Å². The van der Waals surface area contributed by atoms with Gasteiger partial charge in [-0.3, -0.25) is 4.98 Å². The molecule has 0 aliphatic carbocycles. The highest BCUT2D eigenvalue weighted by Gasteiger charge is 2.08. The van der Waals surface area contributed by atoms with Crippen LogP contribution in [0.4, 0.5) is 0 Å². The van der Waals surface area contributed by atoms with Crippen LogP contribution in [0.2, 0.25) is 15.1 Å². The number of fused-ring (bicyclic) bond motifs is 1. The molecule has 1 nitrogen and oxygen atoms in total. The Morgan fingerprint density at radius 2 is 1.86 bits per heavy atom. The van der Waals surface area contributed by atoms with E-state index >= 15 is 0 Å². The summed E-state index contributed by atoms with van der Waals surface area (Å²) in [6.07, 6.45) is 1.62. The van der Waals surface area contributed by atoms with Crippen LogP contribution in [-0.4, -0.2) is 4.98 Å². The van der Waals surface area contributed by atoms with Crippen molar-refractivity contribution < 1.29 is 0 Å². The van der Waals surface area contributed by atoms with Crippen LogP contribution in [-0.2, 0) is 0 Å². The van der Waals surface area contributed by atoms with E-state index < -0.39 is 0 Å². The first-order valence-corrected chi connectivity index (χ1v) is 5.61. The molecule has 0 bridgehead atoms. The average Bonchev–Trinajstić information content (AvgIpc) is 2.12. The molecule has 2 rings (SSSR count). The van der Waals surface area contributed by atoms with Gasteiger partial charge >= 0.3 is 0 Å². The lowest BCUT2D eigenvalue weighted by Crippen LogP contribution is -1.83. The molecule has 1 aromatic heterocycles. The second-order valence-electron chi connectivity index (χ2n) is 2.70. The number of aromatic nitrogens is 1. The molecule has 0 aliphatic heterocycles. The molecule has 0 unspecified atom stereocenters. The van der Waals surface area contributed by atoms with Crippen LogP contribution in [0.5, 0.6) is 0 Å². The first-order valence-electron chi connectivity index (χ1n) is 3.68. The summed E-state index contributed by atoms with van der Waals surface area (Å²) in [5.74, 6) is 0. The summed E-state index contributed by atoms with van der Waals surface area (Å²) in [5.41, 5.74) is 0.657. The third kappa shape index (κ3) is 1.72. The highest BCUT2D eigenvalue weighted by molar-refractivity contribution is 9.10. The summed E-state index contributed by atoms with van der Waals surface area (Å²) in [6.45, 7) is 0. The fourth-order valence-electron chi connectivity index (χ4n) is 1.17. The highest BCUT2D eigenvalue weighted by atomic mass is 79.9. The van der Waals surface area contributed by atoms with Crippen molar-refractivity contribution in [1.29, 1.82) is 0 Å². The number of rotatable bonds is 0. The van der Waals surface area contributed by atoms with Gasteiger partial charge in [-0.05, 0) is 28.1 Å². The van der Waals surface area contributed by atoms with Gasteiger partial charge in [0.2, 0.25) is 0 Å². The molecule has 0 radical (unpaired) electrons. The van der Waals surface area contributed by atoms with E-state index in [1.54, 1.807) is 18.3 Å². The molecule has 1 heterocycles. The molecule has 5 heteroatoms. The van der Waals surface area contributed by atoms with Crippen LogP contribution in [0.15, 0.2) is 22.8 Å². The number of halogens is 4. The van der Waals surface area contributed by atoms with Crippen LogP contribution in [0.3, 0.4) is 0 Å². The van der Waals surface area contributed by atoms with Crippen molar-refractivity contribution in [2.75, 3.05) is 0 Å². The molecule has 0 amide bonds. The standard InChI is InChI=1S/C9H3BrCl3N/c10-6-3-14-9-5(8(6)13)1-4(11)2-7(9)12/h1-3H. The van der Waals surface area contributed by atoms with Gasteiger partial charge in [-0.2, -0.15) is 0 Å². The fraction of sp³-hybridized carbons (Fsp3) is 0. The fourth-order valence-corrected chi connectivity index (χ4v) is 2.22. The Balaban J connectivity index is 2.95. The average molecular weight is 311 g/mol. The second kappa shape index (κ2) is 3.86. The SMILES string of the molecule is Clc1cc(Cl)c2ncc(Br)c(Cl)c2c1. The Morgan fingerprint density at radius 1 is 1.14 bits per heavy atom. The van der Waals surface area contributed by atoms with Crippen molar-refractivity contribution in [3.63, 3.8) is 0 Å². The number of pyridine rings is 1. The lowest BCUT2D eigenvalue weighted by atomic mass is 10.2. The van der Waals surface area contributed by atoms with E-state index in [4.69, 9.17) is 34.8 Å². The van der Waals surface area contributed by atoms with Crippen LogP contribution >= 0.6 is 50.7 Å². The lowest BCUT2D eigenvalue weighted by Gasteiger charge is -2.04. The van der Waals surface area contributed by atoms with Gasteiger partial charge in [0, 0.05) is 16.6 Å². The maximum atomic E-state index is 6.07. The first kappa shape index (κ1) is 10.5. The van der Waals surface area contributed by atoms with E-state index in [1.807, 2.05) is 0 Å². The molecule has 2 aromatic rings. The van der Waals surface area contributed by atoms with E-state index in [-0.39, 0.29) is 0 Å². The Kier molecular flexibility index (Phi) is 2.89. The molecule has 72 valence electrons. The van der Waals surface area contributed by atoms with E-state index in [9.17, 15) is 0 Å². The zero-order valence-electron chi connectivity index (χ0n) is 6.69. The molecule has 0 N–H and O–H groups in total. The molecular formula is C9H3BrCl3N. The summed E-state index contributed by atoms with van der Waals surface area (Å²) < 4.78 is 0.727. The normalized spacial score (nSPS) is 10.9.